The number of aryl methyl sites for hydroxylation is 1. The van der Waals surface area contributed by atoms with Gasteiger partial charge in [-0.05, 0) is 43.3 Å². The minimum Gasteiger partial charge on any atom is -0.399 e. The van der Waals surface area contributed by atoms with Crippen LogP contribution < -0.4 is 5.73 Å². The summed E-state index contributed by atoms with van der Waals surface area (Å²) in [6.45, 7) is 3.74. The van der Waals surface area contributed by atoms with E-state index in [9.17, 15) is 0 Å². The number of anilines is 1. The van der Waals surface area contributed by atoms with E-state index in [1.165, 1.54) is 5.56 Å². The van der Waals surface area contributed by atoms with Crippen LogP contribution in [0.15, 0.2) is 42.6 Å². The number of nitrogens with zero attached hydrogens (tertiary/aromatic N) is 2. The van der Waals surface area contributed by atoms with Crippen molar-refractivity contribution in [2.45, 2.75) is 20.0 Å². The molecular formula is C15H19N3. The van der Waals surface area contributed by atoms with Crippen LogP contribution in [0.3, 0.4) is 0 Å². The Hall–Kier alpha value is -1.87. The van der Waals surface area contributed by atoms with Gasteiger partial charge in [0.25, 0.3) is 0 Å². The van der Waals surface area contributed by atoms with Gasteiger partial charge in [-0.3, -0.25) is 9.88 Å². The lowest BCUT2D eigenvalue weighted by Crippen LogP contribution is -2.18. The molecule has 0 fully saturated rings. The van der Waals surface area contributed by atoms with E-state index in [0.717, 1.165) is 30.0 Å². The molecule has 0 radical (unpaired) electrons. The van der Waals surface area contributed by atoms with Crippen molar-refractivity contribution in [1.82, 2.24) is 9.88 Å². The molecule has 0 bridgehead atoms. The van der Waals surface area contributed by atoms with Crippen molar-refractivity contribution in [1.29, 1.82) is 0 Å². The molecule has 0 aliphatic rings. The number of hydrogen-bond acceptors (Lipinski definition) is 3. The highest BCUT2D eigenvalue weighted by molar-refractivity contribution is 5.48. The van der Waals surface area contributed by atoms with Crippen LogP contribution >= 0.6 is 0 Å². The molecule has 3 heteroatoms. The van der Waals surface area contributed by atoms with Crippen LogP contribution in [0.2, 0.25) is 0 Å². The molecule has 94 valence electrons. The summed E-state index contributed by atoms with van der Waals surface area (Å²) in [4.78, 5) is 6.55. The molecule has 0 amide bonds. The Bertz CT molecular complexity index is 508. The number of pyridine rings is 1. The summed E-state index contributed by atoms with van der Waals surface area (Å²) in [5.41, 5.74) is 10.2. The summed E-state index contributed by atoms with van der Waals surface area (Å²) in [5, 5.41) is 0. The zero-order chi connectivity index (χ0) is 13.0. The van der Waals surface area contributed by atoms with Gasteiger partial charge < -0.3 is 5.73 Å². The quantitative estimate of drug-likeness (QED) is 0.837. The van der Waals surface area contributed by atoms with Crippen LogP contribution in [0.5, 0.6) is 0 Å². The van der Waals surface area contributed by atoms with Gasteiger partial charge in [0, 0.05) is 25.0 Å². The second-order valence-corrected chi connectivity index (χ2v) is 4.68. The molecule has 0 atom stereocenters. The average Bonchev–Trinajstić information content (AvgIpc) is 2.35. The number of nitrogens with two attached hydrogens (primary N) is 1. The van der Waals surface area contributed by atoms with Crippen molar-refractivity contribution < 1.29 is 0 Å². The van der Waals surface area contributed by atoms with Crippen LogP contribution in [0.1, 0.15) is 16.8 Å². The maximum atomic E-state index is 5.92. The number of aromatic nitrogens is 1. The second kappa shape index (κ2) is 5.65. The molecule has 0 aliphatic heterocycles. The smallest absolute Gasteiger partial charge is 0.0543 e. The Balaban J connectivity index is 1.99. The summed E-state index contributed by atoms with van der Waals surface area (Å²) in [7, 11) is 2.09. The predicted octanol–water partition coefficient (Wildman–Crippen LogP) is 2.60. The van der Waals surface area contributed by atoms with Gasteiger partial charge in [0.05, 0.1) is 5.69 Å². The monoisotopic (exact) mass is 241 g/mol. The van der Waals surface area contributed by atoms with Crippen LogP contribution in [0.4, 0.5) is 5.69 Å². The number of rotatable bonds is 4. The van der Waals surface area contributed by atoms with Crippen LogP contribution in [-0.2, 0) is 13.1 Å². The zero-order valence-corrected chi connectivity index (χ0v) is 10.9. The van der Waals surface area contributed by atoms with E-state index in [1.807, 2.05) is 37.4 Å². The van der Waals surface area contributed by atoms with E-state index in [-0.39, 0.29) is 0 Å². The molecular weight excluding hydrogens is 222 g/mol. The highest BCUT2D eigenvalue weighted by Gasteiger charge is 2.03. The summed E-state index contributed by atoms with van der Waals surface area (Å²) in [5.74, 6) is 0. The molecule has 1 aromatic heterocycles. The fourth-order valence-electron chi connectivity index (χ4n) is 1.92. The summed E-state index contributed by atoms with van der Waals surface area (Å²) >= 11 is 0. The van der Waals surface area contributed by atoms with E-state index in [4.69, 9.17) is 5.73 Å². The van der Waals surface area contributed by atoms with E-state index in [0.29, 0.717) is 0 Å². The van der Waals surface area contributed by atoms with Crippen LogP contribution in [-0.4, -0.2) is 16.9 Å². The highest BCUT2D eigenvalue weighted by atomic mass is 15.1. The standard InChI is InChI=1S/C15H19N3/c1-12-6-7-13(9-15(12)16)10-18(2)11-14-5-3-4-8-17-14/h3-9H,10-11,16H2,1-2H3. The molecule has 1 aromatic carbocycles. The summed E-state index contributed by atoms with van der Waals surface area (Å²) in [6, 6.07) is 12.2. The molecule has 2 N–H and O–H groups in total. The Morgan fingerprint density at radius 1 is 1.17 bits per heavy atom. The average molecular weight is 241 g/mol. The van der Waals surface area contributed by atoms with Gasteiger partial charge >= 0.3 is 0 Å². The van der Waals surface area contributed by atoms with Crippen molar-refractivity contribution in [2.75, 3.05) is 12.8 Å². The first kappa shape index (κ1) is 12.6. The van der Waals surface area contributed by atoms with Crippen LogP contribution in [0, 0.1) is 6.92 Å². The number of nitrogen functional groups attached to an aromatic ring is 1. The van der Waals surface area contributed by atoms with Gasteiger partial charge in [0.15, 0.2) is 0 Å². The Morgan fingerprint density at radius 2 is 2.00 bits per heavy atom. The van der Waals surface area contributed by atoms with Gasteiger partial charge in [-0.2, -0.15) is 0 Å². The van der Waals surface area contributed by atoms with Crippen molar-refractivity contribution in [3.8, 4) is 0 Å². The fraction of sp³-hybridized carbons (Fsp3) is 0.267. The van der Waals surface area contributed by atoms with Crippen molar-refractivity contribution in [3.05, 3.63) is 59.4 Å². The SMILES string of the molecule is Cc1ccc(CN(C)Cc2ccccn2)cc1N. The van der Waals surface area contributed by atoms with Crippen molar-refractivity contribution >= 4 is 5.69 Å². The lowest BCUT2D eigenvalue weighted by Gasteiger charge is -2.16. The predicted molar refractivity (Wildman–Crippen MR) is 75.0 cm³/mol. The second-order valence-electron chi connectivity index (χ2n) is 4.68. The topological polar surface area (TPSA) is 42.2 Å². The third-order valence-corrected chi connectivity index (χ3v) is 2.95. The molecule has 18 heavy (non-hydrogen) atoms. The maximum absolute atomic E-state index is 5.92. The Kier molecular flexibility index (Phi) is 3.95. The van der Waals surface area contributed by atoms with Gasteiger partial charge in [-0.1, -0.05) is 18.2 Å². The molecule has 1 heterocycles. The third kappa shape index (κ3) is 3.31. The number of benzene rings is 1. The highest BCUT2D eigenvalue weighted by Crippen LogP contribution is 2.14. The lowest BCUT2D eigenvalue weighted by molar-refractivity contribution is 0.315. The van der Waals surface area contributed by atoms with Crippen molar-refractivity contribution in [2.24, 2.45) is 0 Å². The molecule has 0 spiro atoms. The normalized spacial score (nSPS) is 10.8. The molecule has 0 saturated heterocycles. The van der Waals surface area contributed by atoms with E-state index in [1.54, 1.807) is 0 Å². The first-order valence-corrected chi connectivity index (χ1v) is 6.08. The number of hydrogen-bond donors (Lipinski definition) is 1. The largest absolute Gasteiger partial charge is 0.399 e. The van der Waals surface area contributed by atoms with Crippen LogP contribution in [0.25, 0.3) is 0 Å². The first-order valence-electron chi connectivity index (χ1n) is 6.08. The van der Waals surface area contributed by atoms with Gasteiger partial charge in [-0.25, -0.2) is 0 Å². The zero-order valence-electron chi connectivity index (χ0n) is 10.9. The van der Waals surface area contributed by atoms with Gasteiger partial charge in [0.2, 0.25) is 0 Å². The molecule has 0 unspecified atom stereocenters. The molecule has 0 saturated carbocycles. The van der Waals surface area contributed by atoms with Crippen molar-refractivity contribution in [3.63, 3.8) is 0 Å². The van der Waals surface area contributed by atoms with Gasteiger partial charge in [-0.15, -0.1) is 0 Å². The minimum absolute atomic E-state index is 0.842. The van der Waals surface area contributed by atoms with E-state index >= 15 is 0 Å². The first-order chi connectivity index (χ1) is 8.65. The van der Waals surface area contributed by atoms with E-state index in [2.05, 4.69) is 29.1 Å². The Morgan fingerprint density at radius 3 is 2.67 bits per heavy atom. The van der Waals surface area contributed by atoms with Gasteiger partial charge in [0.1, 0.15) is 0 Å². The third-order valence-electron chi connectivity index (χ3n) is 2.95. The lowest BCUT2D eigenvalue weighted by atomic mass is 10.1. The minimum atomic E-state index is 0.842. The molecule has 3 nitrogen and oxygen atoms in total. The molecule has 2 aromatic rings. The summed E-state index contributed by atoms with van der Waals surface area (Å²) in [6.07, 6.45) is 1.83. The maximum Gasteiger partial charge on any atom is 0.0543 e. The fourth-order valence-corrected chi connectivity index (χ4v) is 1.92. The molecule has 2 rings (SSSR count). The van der Waals surface area contributed by atoms with E-state index < -0.39 is 0 Å². The Labute approximate surface area is 108 Å². The summed E-state index contributed by atoms with van der Waals surface area (Å²) < 4.78 is 0. The molecule has 0 aliphatic carbocycles.